The second-order valence-corrected chi connectivity index (χ2v) is 11.3. The highest BCUT2D eigenvalue weighted by molar-refractivity contribution is 7.99. The zero-order valence-electron chi connectivity index (χ0n) is 21.0. The summed E-state index contributed by atoms with van der Waals surface area (Å²) in [7, 11) is 0. The molecule has 182 valence electrons. The van der Waals surface area contributed by atoms with Crippen molar-refractivity contribution in [3.8, 4) is 22.5 Å². The van der Waals surface area contributed by atoms with E-state index < -0.39 is 0 Å². The number of aromatic nitrogens is 2. The van der Waals surface area contributed by atoms with Gasteiger partial charge in [-0.2, -0.15) is 0 Å². The van der Waals surface area contributed by atoms with Crippen LogP contribution in [0.4, 0.5) is 0 Å². The fourth-order valence-corrected chi connectivity index (χ4v) is 7.55. The second kappa shape index (κ2) is 7.89. The SMILES string of the molecule is c1ccc2c(c1)Sc1ccc(-c3ccc(-n4c5ccccc5c5ccccc54)cc3)c3c4ccccc4n-2c13. The molecule has 0 bridgehead atoms. The van der Waals surface area contributed by atoms with Gasteiger partial charge in [0.05, 0.1) is 27.8 Å². The molecule has 0 aliphatic carbocycles. The summed E-state index contributed by atoms with van der Waals surface area (Å²) in [5.74, 6) is 0. The normalized spacial score (nSPS) is 12.5. The quantitative estimate of drug-likeness (QED) is 0.223. The van der Waals surface area contributed by atoms with E-state index in [1.807, 2.05) is 11.8 Å². The van der Waals surface area contributed by atoms with E-state index in [2.05, 4.69) is 143 Å². The zero-order valence-corrected chi connectivity index (χ0v) is 21.8. The average Bonchev–Trinajstić information content (AvgIpc) is 3.53. The molecule has 0 radical (unpaired) electrons. The Labute approximate surface area is 229 Å². The number of benzene rings is 6. The molecule has 0 saturated heterocycles. The molecule has 0 fully saturated rings. The van der Waals surface area contributed by atoms with Crippen molar-refractivity contribution in [1.29, 1.82) is 0 Å². The Bertz CT molecular complexity index is 2200. The molecule has 0 N–H and O–H groups in total. The molecule has 3 heterocycles. The van der Waals surface area contributed by atoms with Crippen LogP contribution in [0.1, 0.15) is 0 Å². The lowest BCUT2D eigenvalue weighted by Crippen LogP contribution is -2.01. The van der Waals surface area contributed by atoms with Gasteiger partial charge in [0, 0.05) is 37.0 Å². The van der Waals surface area contributed by atoms with Gasteiger partial charge in [0.15, 0.2) is 0 Å². The third-order valence-electron chi connectivity index (χ3n) is 8.12. The predicted molar refractivity (Wildman–Crippen MR) is 165 cm³/mol. The molecule has 3 heteroatoms. The van der Waals surface area contributed by atoms with Crippen molar-refractivity contribution in [2.75, 3.05) is 0 Å². The summed E-state index contributed by atoms with van der Waals surface area (Å²) in [6.45, 7) is 0. The molecule has 9 rings (SSSR count). The number of para-hydroxylation sites is 4. The molecule has 0 amide bonds. The zero-order chi connectivity index (χ0) is 25.5. The predicted octanol–water partition coefficient (Wildman–Crippen LogP) is 10.0. The number of fused-ring (bicyclic) bond motifs is 8. The Morgan fingerprint density at radius 2 is 1.03 bits per heavy atom. The summed E-state index contributed by atoms with van der Waals surface area (Å²) in [6, 6.07) is 48.6. The number of rotatable bonds is 2. The molecule has 39 heavy (non-hydrogen) atoms. The second-order valence-electron chi connectivity index (χ2n) is 10.2. The molecular formula is C36H22N2S. The minimum atomic E-state index is 1.18. The molecule has 0 spiro atoms. The van der Waals surface area contributed by atoms with E-state index >= 15 is 0 Å². The first-order valence-corrected chi connectivity index (χ1v) is 14.1. The van der Waals surface area contributed by atoms with Gasteiger partial charge in [-0.1, -0.05) is 96.7 Å². The van der Waals surface area contributed by atoms with E-state index in [9.17, 15) is 0 Å². The monoisotopic (exact) mass is 514 g/mol. The molecule has 6 aromatic carbocycles. The standard InChI is InChI=1S/C36H22N2S/c1-4-12-29-26(9-1)27-10-2-5-13-30(27)37(29)24-19-17-23(18-20-24)25-21-22-34-36-35(25)28-11-3-6-14-31(28)38(36)32-15-7-8-16-33(32)39-34/h1-22H. The minimum absolute atomic E-state index is 1.18. The van der Waals surface area contributed by atoms with Crippen molar-refractivity contribution >= 4 is 55.4 Å². The molecule has 2 nitrogen and oxygen atoms in total. The van der Waals surface area contributed by atoms with Crippen LogP contribution in [-0.2, 0) is 0 Å². The van der Waals surface area contributed by atoms with Gasteiger partial charge >= 0.3 is 0 Å². The summed E-state index contributed by atoms with van der Waals surface area (Å²) in [5, 5.41) is 5.20. The van der Waals surface area contributed by atoms with Crippen molar-refractivity contribution in [3.05, 3.63) is 133 Å². The maximum Gasteiger partial charge on any atom is 0.0687 e. The number of hydrogen-bond donors (Lipinski definition) is 0. The fraction of sp³-hybridized carbons (Fsp3) is 0. The number of nitrogens with zero attached hydrogens (tertiary/aromatic N) is 2. The molecular weight excluding hydrogens is 492 g/mol. The molecule has 8 aromatic rings. The Kier molecular flexibility index (Phi) is 4.29. The van der Waals surface area contributed by atoms with E-state index in [1.165, 1.54) is 75.9 Å². The van der Waals surface area contributed by atoms with Gasteiger partial charge in [0.2, 0.25) is 0 Å². The largest absolute Gasteiger partial charge is 0.309 e. The molecule has 0 atom stereocenters. The van der Waals surface area contributed by atoms with Crippen LogP contribution in [0.25, 0.3) is 66.1 Å². The lowest BCUT2D eigenvalue weighted by molar-refractivity contribution is 1.09. The minimum Gasteiger partial charge on any atom is -0.309 e. The van der Waals surface area contributed by atoms with Crippen LogP contribution >= 0.6 is 11.8 Å². The van der Waals surface area contributed by atoms with E-state index in [1.54, 1.807) is 0 Å². The van der Waals surface area contributed by atoms with Crippen LogP contribution in [0.5, 0.6) is 0 Å². The fourth-order valence-electron chi connectivity index (χ4n) is 6.48. The third kappa shape index (κ3) is 2.88. The van der Waals surface area contributed by atoms with Gasteiger partial charge in [0.1, 0.15) is 0 Å². The summed E-state index contributed by atoms with van der Waals surface area (Å²) < 4.78 is 4.84. The van der Waals surface area contributed by atoms with Gasteiger partial charge in [-0.25, -0.2) is 0 Å². The van der Waals surface area contributed by atoms with Crippen LogP contribution in [0.2, 0.25) is 0 Å². The van der Waals surface area contributed by atoms with Crippen molar-refractivity contribution in [1.82, 2.24) is 9.13 Å². The highest BCUT2D eigenvalue weighted by Crippen LogP contribution is 2.49. The van der Waals surface area contributed by atoms with Crippen LogP contribution in [-0.4, -0.2) is 9.13 Å². The maximum atomic E-state index is 2.46. The highest BCUT2D eigenvalue weighted by Gasteiger charge is 2.24. The molecule has 0 saturated carbocycles. The van der Waals surface area contributed by atoms with E-state index in [0.717, 1.165) is 0 Å². The van der Waals surface area contributed by atoms with Crippen LogP contribution in [0, 0.1) is 0 Å². The Balaban J connectivity index is 1.28. The van der Waals surface area contributed by atoms with Crippen molar-refractivity contribution in [2.24, 2.45) is 0 Å². The molecule has 1 aliphatic rings. The van der Waals surface area contributed by atoms with E-state index in [-0.39, 0.29) is 0 Å². The Morgan fingerprint density at radius 1 is 0.436 bits per heavy atom. The van der Waals surface area contributed by atoms with Crippen molar-refractivity contribution in [3.63, 3.8) is 0 Å². The van der Waals surface area contributed by atoms with Crippen LogP contribution in [0.15, 0.2) is 143 Å². The number of hydrogen-bond acceptors (Lipinski definition) is 1. The van der Waals surface area contributed by atoms with Crippen LogP contribution in [0.3, 0.4) is 0 Å². The summed E-state index contributed by atoms with van der Waals surface area (Å²) in [5.41, 5.74) is 9.99. The molecule has 1 aliphatic heterocycles. The Morgan fingerprint density at radius 3 is 1.74 bits per heavy atom. The topological polar surface area (TPSA) is 9.86 Å². The lowest BCUT2D eigenvalue weighted by Gasteiger charge is -2.20. The first-order chi connectivity index (χ1) is 19.4. The van der Waals surface area contributed by atoms with Gasteiger partial charge in [-0.05, 0) is 59.7 Å². The van der Waals surface area contributed by atoms with Gasteiger partial charge in [0.25, 0.3) is 0 Å². The van der Waals surface area contributed by atoms with Crippen LogP contribution < -0.4 is 0 Å². The smallest absolute Gasteiger partial charge is 0.0687 e. The summed E-state index contributed by atoms with van der Waals surface area (Å²) in [4.78, 5) is 2.61. The van der Waals surface area contributed by atoms with E-state index in [4.69, 9.17) is 0 Å². The average molecular weight is 515 g/mol. The van der Waals surface area contributed by atoms with Crippen molar-refractivity contribution < 1.29 is 0 Å². The summed E-state index contributed by atoms with van der Waals surface area (Å²) >= 11 is 1.87. The van der Waals surface area contributed by atoms with Crippen molar-refractivity contribution in [2.45, 2.75) is 9.79 Å². The van der Waals surface area contributed by atoms with Gasteiger partial charge in [-0.3, -0.25) is 0 Å². The molecule has 0 unspecified atom stereocenters. The first-order valence-electron chi connectivity index (χ1n) is 13.3. The maximum absolute atomic E-state index is 2.46. The summed E-state index contributed by atoms with van der Waals surface area (Å²) in [6.07, 6.45) is 0. The molecule has 2 aromatic heterocycles. The van der Waals surface area contributed by atoms with E-state index in [0.29, 0.717) is 0 Å². The van der Waals surface area contributed by atoms with Gasteiger partial charge < -0.3 is 9.13 Å². The highest BCUT2D eigenvalue weighted by atomic mass is 32.2. The first kappa shape index (κ1) is 21.2. The Hall–Kier alpha value is -4.73. The lowest BCUT2D eigenvalue weighted by atomic mass is 9.99. The third-order valence-corrected chi connectivity index (χ3v) is 9.24. The van der Waals surface area contributed by atoms with Gasteiger partial charge in [-0.15, -0.1) is 0 Å².